The first-order valence-corrected chi connectivity index (χ1v) is 13.8. The van der Waals surface area contributed by atoms with E-state index in [-0.39, 0.29) is 11.9 Å². The number of aliphatic hydroxyl groups excluding tert-OH is 1. The zero-order chi connectivity index (χ0) is 27.6. The van der Waals surface area contributed by atoms with E-state index < -0.39 is 6.10 Å². The summed E-state index contributed by atoms with van der Waals surface area (Å²) in [4.78, 5) is 19.2. The van der Waals surface area contributed by atoms with Crippen LogP contribution in [0.2, 0.25) is 0 Å². The van der Waals surface area contributed by atoms with Gasteiger partial charge in [0.2, 0.25) is 5.91 Å². The Bertz CT molecular complexity index is 1270. The van der Waals surface area contributed by atoms with Crippen LogP contribution in [0.25, 0.3) is 0 Å². The predicted molar refractivity (Wildman–Crippen MR) is 158 cm³/mol. The Morgan fingerprint density at radius 2 is 1.69 bits per heavy atom. The SMILES string of the molecule is CC1=CCC=C(C)N1c1ccc(C(O)CNC(C)Cc2cccc(CC(=O)NCCc3ccccc3)c2)cn1. The van der Waals surface area contributed by atoms with Crippen molar-refractivity contribution in [2.75, 3.05) is 18.0 Å². The molecule has 0 fully saturated rings. The molecule has 6 heteroatoms. The second-order valence-electron chi connectivity index (χ2n) is 10.3. The lowest BCUT2D eigenvalue weighted by atomic mass is 10.0. The number of nitrogens with one attached hydrogen (secondary N) is 2. The number of aromatic nitrogens is 1. The molecule has 0 saturated heterocycles. The number of carbonyl (C=O) groups excluding carboxylic acids is 1. The fourth-order valence-corrected chi connectivity index (χ4v) is 4.91. The second kappa shape index (κ2) is 13.9. The lowest BCUT2D eigenvalue weighted by Crippen LogP contribution is -2.32. The van der Waals surface area contributed by atoms with Gasteiger partial charge < -0.3 is 20.6 Å². The van der Waals surface area contributed by atoms with E-state index in [1.54, 1.807) is 6.20 Å². The number of nitrogens with zero attached hydrogens (tertiary/aromatic N) is 2. The van der Waals surface area contributed by atoms with Crippen LogP contribution in [-0.2, 0) is 24.1 Å². The number of benzene rings is 2. The van der Waals surface area contributed by atoms with Gasteiger partial charge in [0.05, 0.1) is 12.5 Å². The summed E-state index contributed by atoms with van der Waals surface area (Å²) in [6.45, 7) is 7.36. The summed E-state index contributed by atoms with van der Waals surface area (Å²) in [6.07, 6.45) is 8.43. The van der Waals surface area contributed by atoms with E-state index in [9.17, 15) is 9.90 Å². The Morgan fingerprint density at radius 3 is 2.41 bits per heavy atom. The van der Waals surface area contributed by atoms with Crippen molar-refractivity contribution in [1.29, 1.82) is 0 Å². The van der Waals surface area contributed by atoms with E-state index in [4.69, 9.17) is 0 Å². The van der Waals surface area contributed by atoms with E-state index in [0.29, 0.717) is 19.5 Å². The minimum absolute atomic E-state index is 0.0367. The molecular weight excluding hydrogens is 484 g/mol. The van der Waals surface area contributed by atoms with Crippen LogP contribution in [0.1, 0.15) is 55.5 Å². The topological polar surface area (TPSA) is 77.5 Å². The van der Waals surface area contributed by atoms with Gasteiger partial charge in [-0.05, 0) is 62.8 Å². The van der Waals surface area contributed by atoms with Gasteiger partial charge in [0, 0.05) is 42.3 Å². The van der Waals surface area contributed by atoms with Crippen molar-refractivity contribution in [3.05, 3.63) is 119 Å². The number of allylic oxidation sites excluding steroid dienone is 4. The molecule has 2 unspecified atom stereocenters. The summed E-state index contributed by atoms with van der Waals surface area (Å²) in [6, 6.07) is 22.4. The van der Waals surface area contributed by atoms with Crippen LogP contribution in [0.3, 0.4) is 0 Å². The molecule has 0 aliphatic carbocycles. The largest absolute Gasteiger partial charge is 0.387 e. The molecule has 2 aromatic carbocycles. The Morgan fingerprint density at radius 1 is 0.974 bits per heavy atom. The van der Waals surface area contributed by atoms with E-state index >= 15 is 0 Å². The van der Waals surface area contributed by atoms with Crippen LogP contribution in [0.4, 0.5) is 5.82 Å². The molecule has 6 nitrogen and oxygen atoms in total. The Balaban J connectivity index is 1.22. The quantitative estimate of drug-likeness (QED) is 0.302. The first kappa shape index (κ1) is 28.3. The van der Waals surface area contributed by atoms with Gasteiger partial charge in [-0.25, -0.2) is 4.98 Å². The standard InChI is InChI=1S/C33H40N4O2/c1-24(35-23-31(38)30-15-16-32(36-22-30)37-25(2)9-7-10-26(37)3)19-28-13-8-14-29(20-28)21-33(39)34-18-17-27-11-5-4-6-12-27/h4-6,8-16,20,22,24,31,35,38H,7,17-19,21,23H2,1-3H3,(H,34,39). The van der Waals surface area contributed by atoms with Crippen molar-refractivity contribution in [2.45, 2.75) is 58.6 Å². The van der Waals surface area contributed by atoms with Gasteiger partial charge in [0.15, 0.2) is 0 Å². The van der Waals surface area contributed by atoms with Crippen molar-refractivity contribution in [1.82, 2.24) is 15.6 Å². The monoisotopic (exact) mass is 524 g/mol. The molecular formula is C33H40N4O2. The van der Waals surface area contributed by atoms with Crippen molar-refractivity contribution in [2.24, 2.45) is 0 Å². The number of anilines is 1. The smallest absolute Gasteiger partial charge is 0.224 e. The molecule has 0 saturated carbocycles. The number of carbonyl (C=O) groups is 1. The first-order valence-electron chi connectivity index (χ1n) is 13.8. The van der Waals surface area contributed by atoms with Crippen LogP contribution < -0.4 is 15.5 Å². The summed E-state index contributed by atoms with van der Waals surface area (Å²) < 4.78 is 0. The Labute approximate surface area is 232 Å². The molecule has 0 bridgehead atoms. The van der Waals surface area contributed by atoms with Crippen molar-refractivity contribution < 1.29 is 9.90 Å². The maximum absolute atomic E-state index is 12.4. The van der Waals surface area contributed by atoms with Crippen LogP contribution >= 0.6 is 0 Å². The third-order valence-electron chi connectivity index (χ3n) is 7.05. The minimum Gasteiger partial charge on any atom is -0.387 e. The van der Waals surface area contributed by atoms with E-state index in [0.717, 1.165) is 36.2 Å². The van der Waals surface area contributed by atoms with Gasteiger partial charge in [-0.3, -0.25) is 4.79 Å². The molecule has 4 rings (SSSR count). The van der Waals surface area contributed by atoms with Gasteiger partial charge in [0.1, 0.15) is 5.82 Å². The third kappa shape index (κ3) is 8.37. The summed E-state index contributed by atoms with van der Waals surface area (Å²) >= 11 is 0. The maximum Gasteiger partial charge on any atom is 0.224 e. The molecule has 3 N–H and O–H groups in total. The first-order chi connectivity index (χ1) is 18.9. The molecule has 2 atom stereocenters. The molecule has 2 heterocycles. The average Bonchev–Trinajstić information content (AvgIpc) is 2.93. The number of hydrogen-bond donors (Lipinski definition) is 3. The van der Waals surface area contributed by atoms with Crippen molar-refractivity contribution in [3.8, 4) is 0 Å². The number of aliphatic hydroxyl groups is 1. The summed E-state index contributed by atoms with van der Waals surface area (Å²) in [7, 11) is 0. The number of amides is 1. The Hall–Kier alpha value is -3.74. The molecule has 39 heavy (non-hydrogen) atoms. The predicted octanol–water partition coefficient (Wildman–Crippen LogP) is 5.25. The average molecular weight is 525 g/mol. The molecule has 1 aliphatic rings. The van der Waals surface area contributed by atoms with Crippen LogP contribution in [0, 0.1) is 0 Å². The highest BCUT2D eigenvalue weighted by Gasteiger charge is 2.16. The molecule has 0 spiro atoms. The van der Waals surface area contributed by atoms with Crippen molar-refractivity contribution in [3.63, 3.8) is 0 Å². The fraction of sp³-hybridized carbons (Fsp3) is 0.333. The van der Waals surface area contributed by atoms with Crippen LogP contribution in [0.5, 0.6) is 0 Å². The molecule has 1 amide bonds. The van der Waals surface area contributed by atoms with Gasteiger partial charge in [-0.2, -0.15) is 0 Å². The Kier molecular flexibility index (Phi) is 10.1. The number of pyridine rings is 1. The third-order valence-corrected chi connectivity index (χ3v) is 7.05. The van der Waals surface area contributed by atoms with E-state index in [1.807, 2.05) is 42.5 Å². The zero-order valence-electron chi connectivity index (χ0n) is 23.2. The lowest BCUT2D eigenvalue weighted by Gasteiger charge is -2.28. The van der Waals surface area contributed by atoms with Gasteiger partial charge in [-0.15, -0.1) is 0 Å². The second-order valence-corrected chi connectivity index (χ2v) is 10.3. The van der Waals surface area contributed by atoms with E-state index in [1.165, 1.54) is 22.5 Å². The van der Waals surface area contributed by atoms with Crippen LogP contribution in [-0.4, -0.2) is 35.1 Å². The number of hydrogen-bond acceptors (Lipinski definition) is 5. The summed E-state index contributed by atoms with van der Waals surface area (Å²) in [5, 5.41) is 17.2. The van der Waals surface area contributed by atoms with Gasteiger partial charge in [0.25, 0.3) is 0 Å². The molecule has 204 valence electrons. The maximum atomic E-state index is 12.4. The van der Waals surface area contributed by atoms with Crippen LogP contribution in [0.15, 0.2) is 96.5 Å². The van der Waals surface area contributed by atoms with Crippen molar-refractivity contribution >= 4 is 11.7 Å². The molecule has 1 aromatic heterocycles. The lowest BCUT2D eigenvalue weighted by molar-refractivity contribution is -0.120. The normalized spacial score (nSPS) is 14.8. The number of rotatable bonds is 12. The van der Waals surface area contributed by atoms with Gasteiger partial charge in [-0.1, -0.05) is 72.8 Å². The summed E-state index contributed by atoms with van der Waals surface area (Å²) in [5.74, 6) is 0.897. The fourth-order valence-electron chi connectivity index (χ4n) is 4.91. The highest BCUT2D eigenvalue weighted by Crippen LogP contribution is 2.26. The molecule has 3 aromatic rings. The highest BCUT2D eigenvalue weighted by molar-refractivity contribution is 5.78. The van der Waals surface area contributed by atoms with Gasteiger partial charge >= 0.3 is 0 Å². The minimum atomic E-state index is -0.644. The molecule has 1 aliphatic heterocycles. The van der Waals surface area contributed by atoms with E-state index in [2.05, 4.69) is 77.7 Å². The summed E-state index contributed by atoms with van der Waals surface area (Å²) in [5.41, 5.74) is 6.51. The highest BCUT2D eigenvalue weighted by atomic mass is 16.3. The zero-order valence-corrected chi connectivity index (χ0v) is 23.2. The molecule has 0 radical (unpaired) electrons.